The van der Waals surface area contributed by atoms with Crippen LogP contribution in [-0.2, 0) is 4.79 Å². The normalized spacial score (nSPS) is 11.3. The molecule has 9 nitrogen and oxygen atoms in total. The summed E-state index contributed by atoms with van der Waals surface area (Å²) < 4.78 is 1.86. The maximum Gasteiger partial charge on any atom is 0.335 e. The monoisotopic (exact) mass is 398 g/mol. The van der Waals surface area contributed by atoms with Crippen LogP contribution in [0, 0.1) is 12.8 Å². The Balaban J connectivity index is 1.68. The lowest BCUT2D eigenvalue weighted by Crippen LogP contribution is -2.25. The Morgan fingerprint density at radius 3 is 2.66 bits per heavy atom. The van der Waals surface area contributed by atoms with Crippen LogP contribution in [0.3, 0.4) is 0 Å². The second-order valence-corrected chi connectivity index (χ2v) is 7.46. The van der Waals surface area contributed by atoms with Gasteiger partial charge in [-0.15, -0.1) is 10.2 Å². The number of aromatic carboxylic acids is 1. The minimum Gasteiger partial charge on any atom is -0.478 e. The highest BCUT2D eigenvalue weighted by atomic mass is 16.4. The molecule has 0 bridgehead atoms. The third-order valence-electron chi connectivity index (χ3n) is 4.54. The molecule has 0 aliphatic rings. The van der Waals surface area contributed by atoms with Gasteiger partial charge in [-0.3, -0.25) is 9.20 Å². The highest BCUT2D eigenvalue weighted by Gasteiger charge is 2.14. The van der Waals surface area contributed by atoms with Crippen LogP contribution in [0.4, 0.5) is 5.82 Å². The molecule has 0 aliphatic heterocycles. The van der Waals surface area contributed by atoms with Crippen LogP contribution < -0.4 is 10.6 Å². The van der Waals surface area contributed by atoms with E-state index in [1.165, 1.54) is 0 Å². The number of nitrogens with one attached hydrogen (secondary N) is 2. The zero-order valence-corrected chi connectivity index (χ0v) is 16.9. The third kappa shape index (κ3) is 4.79. The summed E-state index contributed by atoms with van der Waals surface area (Å²) in [4.78, 5) is 27.5. The summed E-state index contributed by atoms with van der Waals surface area (Å²) in [6, 6.07) is 4.82. The molecule has 0 spiro atoms. The fraction of sp³-hybridized carbons (Fsp3) is 0.450. The molecule has 3 rings (SSSR count). The van der Waals surface area contributed by atoms with Crippen LogP contribution in [-0.4, -0.2) is 49.7 Å². The maximum absolute atomic E-state index is 11.7. The van der Waals surface area contributed by atoms with Crippen molar-refractivity contribution in [2.75, 3.05) is 18.4 Å². The summed E-state index contributed by atoms with van der Waals surface area (Å²) in [5.74, 6) is 0.699. The number of carboxylic acids is 1. The molecule has 0 fully saturated rings. The van der Waals surface area contributed by atoms with Crippen LogP contribution in [0.5, 0.6) is 0 Å². The van der Waals surface area contributed by atoms with Crippen LogP contribution in [0.15, 0.2) is 18.2 Å². The first-order valence-electron chi connectivity index (χ1n) is 9.76. The molecule has 2 aromatic heterocycles. The lowest BCUT2D eigenvalue weighted by molar-refractivity contribution is -0.121. The number of carbonyl (C=O) groups is 2. The maximum atomic E-state index is 11.7. The summed E-state index contributed by atoms with van der Waals surface area (Å²) in [5, 5.41) is 23.8. The van der Waals surface area contributed by atoms with E-state index in [1.54, 1.807) is 18.2 Å². The highest BCUT2D eigenvalue weighted by molar-refractivity contribution is 5.93. The molecule has 0 radical (unpaired) electrons. The molecular weight excluding hydrogens is 372 g/mol. The summed E-state index contributed by atoms with van der Waals surface area (Å²) in [7, 11) is 0. The topological polar surface area (TPSA) is 122 Å². The van der Waals surface area contributed by atoms with Crippen molar-refractivity contribution in [3.8, 4) is 0 Å². The van der Waals surface area contributed by atoms with E-state index in [4.69, 9.17) is 0 Å². The number of aromatic nitrogens is 4. The molecule has 1 amide bonds. The van der Waals surface area contributed by atoms with Gasteiger partial charge in [0.15, 0.2) is 5.82 Å². The number of aryl methyl sites for hydroxylation is 1. The van der Waals surface area contributed by atoms with Gasteiger partial charge in [-0.05, 0) is 43.9 Å². The molecule has 0 atom stereocenters. The van der Waals surface area contributed by atoms with Gasteiger partial charge in [0.2, 0.25) is 11.6 Å². The van der Waals surface area contributed by atoms with Crippen molar-refractivity contribution in [1.82, 2.24) is 24.9 Å². The Hall–Kier alpha value is -3.23. The van der Waals surface area contributed by atoms with E-state index < -0.39 is 5.97 Å². The van der Waals surface area contributed by atoms with E-state index in [0.717, 1.165) is 18.4 Å². The number of amides is 1. The van der Waals surface area contributed by atoms with E-state index in [9.17, 15) is 14.7 Å². The zero-order valence-electron chi connectivity index (χ0n) is 16.9. The summed E-state index contributed by atoms with van der Waals surface area (Å²) in [5.41, 5.74) is 2.09. The standard InChI is InChI=1S/C20H26N6O3/c1-12(2)10-17(27)21-8-4-5-9-22-18-19-25-24-13(3)26(19)16-7-6-14(20(28)29)11-15(16)23-18/h6-7,11-12H,4-5,8-10H2,1-3H3,(H,21,27)(H,22,23)(H,28,29). The second-order valence-electron chi connectivity index (χ2n) is 7.46. The molecular formula is C20H26N6O3. The Bertz CT molecular complexity index is 1040. The molecule has 0 saturated heterocycles. The van der Waals surface area contributed by atoms with E-state index in [-0.39, 0.29) is 11.5 Å². The predicted octanol–water partition coefficient (Wildman–Crippen LogP) is 2.64. The molecule has 154 valence electrons. The van der Waals surface area contributed by atoms with Crippen molar-refractivity contribution < 1.29 is 14.7 Å². The first-order valence-corrected chi connectivity index (χ1v) is 9.76. The number of anilines is 1. The third-order valence-corrected chi connectivity index (χ3v) is 4.54. The second kappa shape index (κ2) is 8.85. The number of hydrogen-bond acceptors (Lipinski definition) is 6. The van der Waals surface area contributed by atoms with Crippen molar-refractivity contribution in [3.63, 3.8) is 0 Å². The number of carbonyl (C=O) groups excluding carboxylic acids is 1. The number of fused-ring (bicyclic) bond motifs is 3. The van der Waals surface area contributed by atoms with Gasteiger partial charge in [-0.25, -0.2) is 9.78 Å². The zero-order chi connectivity index (χ0) is 21.0. The molecule has 3 N–H and O–H groups in total. The fourth-order valence-corrected chi connectivity index (χ4v) is 3.16. The minimum atomic E-state index is -0.997. The van der Waals surface area contributed by atoms with Crippen LogP contribution >= 0.6 is 0 Å². The largest absolute Gasteiger partial charge is 0.478 e. The quantitative estimate of drug-likeness (QED) is 0.474. The van der Waals surface area contributed by atoms with Crippen molar-refractivity contribution in [2.24, 2.45) is 5.92 Å². The first kappa shape index (κ1) is 20.5. The first-order chi connectivity index (χ1) is 13.9. The van der Waals surface area contributed by atoms with Gasteiger partial charge >= 0.3 is 5.97 Å². The van der Waals surface area contributed by atoms with Crippen LogP contribution in [0.25, 0.3) is 16.7 Å². The number of hydrogen-bond donors (Lipinski definition) is 3. The molecule has 0 unspecified atom stereocenters. The number of nitrogens with zero attached hydrogens (tertiary/aromatic N) is 4. The smallest absolute Gasteiger partial charge is 0.335 e. The number of unbranched alkanes of at least 4 members (excludes halogenated alkanes) is 1. The van der Waals surface area contributed by atoms with Crippen molar-refractivity contribution in [2.45, 2.75) is 40.0 Å². The number of rotatable bonds is 9. The summed E-state index contributed by atoms with van der Waals surface area (Å²) >= 11 is 0. The average Bonchev–Trinajstić information content (AvgIpc) is 3.05. The SMILES string of the molecule is Cc1nnc2c(NCCCCNC(=O)CC(C)C)nc3cc(C(=O)O)ccc3n12. The predicted molar refractivity (Wildman–Crippen MR) is 110 cm³/mol. The van der Waals surface area contributed by atoms with E-state index >= 15 is 0 Å². The van der Waals surface area contributed by atoms with Gasteiger partial charge in [0.05, 0.1) is 16.6 Å². The molecule has 0 aliphatic carbocycles. The van der Waals surface area contributed by atoms with Gasteiger partial charge in [0, 0.05) is 19.5 Å². The summed E-state index contributed by atoms with van der Waals surface area (Å²) in [6.07, 6.45) is 2.23. The van der Waals surface area contributed by atoms with Crippen molar-refractivity contribution >= 4 is 34.4 Å². The Labute approximate surface area is 168 Å². The molecule has 3 aromatic rings. The molecule has 9 heteroatoms. The molecule has 1 aromatic carbocycles. The van der Waals surface area contributed by atoms with Gasteiger partial charge in [0.25, 0.3) is 0 Å². The summed E-state index contributed by atoms with van der Waals surface area (Å²) in [6.45, 7) is 7.17. The molecule has 29 heavy (non-hydrogen) atoms. The van der Waals surface area contributed by atoms with Gasteiger partial charge in [-0.1, -0.05) is 13.8 Å². The van der Waals surface area contributed by atoms with Gasteiger partial charge < -0.3 is 15.7 Å². The van der Waals surface area contributed by atoms with Crippen molar-refractivity contribution in [3.05, 3.63) is 29.6 Å². The van der Waals surface area contributed by atoms with E-state index in [2.05, 4.69) is 25.8 Å². The lowest BCUT2D eigenvalue weighted by atomic mass is 10.1. The van der Waals surface area contributed by atoms with Gasteiger partial charge in [0.1, 0.15) is 5.82 Å². The Morgan fingerprint density at radius 1 is 1.17 bits per heavy atom. The van der Waals surface area contributed by atoms with E-state index in [0.29, 0.717) is 48.2 Å². The Kier molecular flexibility index (Phi) is 6.26. The van der Waals surface area contributed by atoms with Crippen LogP contribution in [0.2, 0.25) is 0 Å². The number of carboxylic acid groups (broad SMARTS) is 1. The van der Waals surface area contributed by atoms with Gasteiger partial charge in [-0.2, -0.15) is 0 Å². The average molecular weight is 398 g/mol. The lowest BCUT2D eigenvalue weighted by Gasteiger charge is -2.11. The van der Waals surface area contributed by atoms with Crippen molar-refractivity contribution in [1.29, 1.82) is 0 Å². The highest BCUT2D eigenvalue weighted by Crippen LogP contribution is 2.22. The Morgan fingerprint density at radius 2 is 1.93 bits per heavy atom. The fourth-order valence-electron chi connectivity index (χ4n) is 3.16. The molecule has 0 saturated carbocycles. The van der Waals surface area contributed by atoms with Crippen LogP contribution in [0.1, 0.15) is 49.3 Å². The minimum absolute atomic E-state index is 0.0824. The number of benzene rings is 1. The molecule has 2 heterocycles. The van der Waals surface area contributed by atoms with E-state index in [1.807, 2.05) is 25.2 Å².